The summed E-state index contributed by atoms with van der Waals surface area (Å²) in [6.07, 6.45) is 0. The molecule has 4 rings (SSSR count). The number of methoxy groups -OCH3 is 1. The monoisotopic (exact) mass is 442 g/mol. The van der Waals surface area contributed by atoms with E-state index in [0.29, 0.717) is 37.6 Å². The maximum atomic E-state index is 13.5. The third-order valence-electron chi connectivity index (χ3n) is 5.98. The molecule has 0 bridgehead atoms. The third kappa shape index (κ3) is 4.28. The number of ether oxygens (including phenoxy) is 2. The number of ketones is 2. The van der Waals surface area contributed by atoms with Crippen molar-refractivity contribution in [3.63, 3.8) is 0 Å². The Bertz CT molecular complexity index is 968. The molecule has 2 fully saturated rings. The first-order valence-electron chi connectivity index (χ1n) is 10.4. The van der Waals surface area contributed by atoms with Gasteiger partial charge in [0.2, 0.25) is 5.78 Å². The lowest BCUT2D eigenvalue weighted by Gasteiger charge is -2.31. The number of amides is 1. The number of carbonyl (C=O) groups is 3. The van der Waals surface area contributed by atoms with E-state index in [0.717, 1.165) is 23.5 Å². The van der Waals surface area contributed by atoms with Crippen molar-refractivity contribution in [1.82, 2.24) is 9.80 Å². The van der Waals surface area contributed by atoms with Gasteiger partial charge in [0.25, 0.3) is 5.91 Å². The Hall–Kier alpha value is -2.55. The number of Topliss-reactive ketones (excluding diaryl/α,β-unsaturated/α-hetero) is 2. The molecule has 2 aliphatic rings. The summed E-state index contributed by atoms with van der Waals surface area (Å²) in [5.74, 6) is -1.91. The van der Waals surface area contributed by atoms with E-state index in [-0.39, 0.29) is 5.78 Å². The second kappa shape index (κ2) is 9.30. The summed E-state index contributed by atoms with van der Waals surface area (Å²) in [5.41, 5.74) is 1.17. The largest absolute Gasteiger partial charge is 0.497 e. The molecular formula is C23H26N2O5S. The number of carbonyl (C=O) groups excluding carboxylic acids is 3. The molecule has 0 aliphatic carbocycles. The number of aryl methyl sites for hydroxylation is 1. The molecule has 2 aromatic rings. The van der Waals surface area contributed by atoms with Crippen LogP contribution in [0.15, 0.2) is 35.7 Å². The summed E-state index contributed by atoms with van der Waals surface area (Å²) in [4.78, 5) is 44.2. The summed E-state index contributed by atoms with van der Waals surface area (Å²) >= 11 is 1.46. The molecule has 2 atom stereocenters. The fourth-order valence-corrected chi connectivity index (χ4v) is 5.16. The van der Waals surface area contributed by atoms with Crippen molar-refractivity contribution in [1.29, 1.82) is 0 Å². The van der Waals surface area contributed by atoms with Gasteiger partial charge in [-0.15, -0.1) is 11.3 Å². The molecule has 2 saturated heterocycles. The predicted octanol–water partition coefficient (Wildman–Crippen LogP) is 2.35. The highest BCUT2D eigenvalue weighted by molar-refractivity contribution is 7.10. The highest BCUT2D eigenvalue weighted by Crippen LogP contribution is 2.40. The molecule has 2 aliphatic heterocycles. The molecule has 2 unspecified atom stereocenters. The minimum atomic E-state index is -1.04. The highest BCUT2D eigenvalue weighted by atomic mass is 32.1. The van der Waals surface area contributed by atoms with Gasteiger partial charge in [-0.05, 0) is 42.1 Å². The summed E-state index contributed by atoms with van der Waals surface area (Å²) in [7, 11) is 1.56. The van der Waals surface area contributed by atoms with E-state index >= 15 is 0 Å². The van der Waals surface area contributed by atoms with Gasteiger partial charge in [-0.2, -0.15) is 0 Å². The van der Waals surface area contributed by atoms with Gasteiger partial charge in [0.15, 0.2) is 5.78 Å². The summed E-state index contributed by atoms with van der Waals surface area (Å²) in [6.45, 7) is 5.79. The zero-order valence-corrected chi connectivity index (χ0v) is 18.5. The Morgan fingerprint density at radius 3 is 2.61 bits per heavy atom. The SMILES string of the molecule is COc1ccc(C(=O)C2C(=O)C(=O)N(CCN3CCOCC3)C2c2cccs2)c(C)c1. The van der Waals surface area contributed by atoms with Gasteiger partial charge in [-0.1, -0.05) is 6.07 Å². The molecule has 7 nitrogen and oxygen atoms in total. The smallest absolute Gasteiger partial charge is 0.291 e. The van der Waals surface area contributed by atoms with Crippen molar-refractivity contribution < 1.29 is 23.9 Å². The lowest BCUT2D eigenvalue weighted by atomic mass is 9.87. The normalized spacial score (nSPS) is 22.2. The van der Waals surface area contributed by atoms with Crippen LogP contribution in [-0.2, 0) is 14.3 Å². The number of thiophene rings is 1. The van der Waals surface area contributed by atoms with Crippen LogP contribution < -0.4 is 4.74 Å². The van der Waals surface area contributed by atoms with Crippen LogP contribution in [0.2, 0.25) is 0 Å². The number of rotatable bonds is 7. The van der Waals surface area contributed by atoms with Gasteiger partial charge in [0.05, 0.1) is 26.4 Å². The van der Waals surface area contributed by atoms with Gasteiger partial charge < -0.3 is 14.4 Å². The molecule has 1 aromatic carbocycles. The minimum absolute atomic E-state index is 0.314. The predicted molar refractivity (Wildman–Crippen MR) is 117 cm³/mol. The fourth-order valence-electron chi connectivity index (χ4n) is 4.29. The van der Waals surface area contributed by atoms with Crippen molar-refractivity contribution in [2.75, 3.05) is 46.5 Å². The molecule has 8 heteroatoms. The standard InChI is InChI=1S/C23H26N2O5S/c1-15-14-16(29-2)5-6-17(15)21(26)19-20(18-4-3-13-31-18)25(23(28)22(19)27)8-7-24-9-11-30-12-10-24/h3-6,13-14,19-20H,7-12H2,1-2H3. The molecule has 31 heavy (non-hydrogen) atoms. The molecule has 0 saturated carbocycles. The zero-order valence-electron chi connectivity index (χ0n) is 17.7. The number of morpholine rings is 1. The van der Waals surface area contributed by atoms with Crippen molar-refractivity contribution >= 4 is 28.8 Å². The van der Waals surface area contributed by atoms with Crippen molar-refractivity contribution in [3.8, 4) is 5.75 Å². The first-order valence-corrected chi connectivity index (χ1v) is 11.3. The third-order valence-corrected chi connectivity index (χ3v) is 6.93. The van der Waals surface area contributed by atoms with Gasteiger partial charge >= 0.3 is 0 Å². The van der Waals surface area contributed by atoms with E-state index in [4.69, 9.17) is 9.47 Å². The van der Waals surface area contributed by atoms with E-state index < -0.39 is 23.7 Å². The van der Waals surface area contributed by atoms with Gasteiger partial charge in [0.1, 0.15) is 11.7 Å². The van der Waals surface area contributed by atoms with Crippen molar-refractivity contribution in [2.45, 2.75) is 13.0 Å². The van der Waals surface area contributed by atoms with Gasteiger partial charge in [-0.3, -0.25) is 19.3 Å². The Morgan fingerprint density at radius 2 is 1.97 bits per heavy atom. The first-order chi connectivity index (χ1) is 15.0. The van der Waals surface area contributed by atoms with Crippen LogP contribution in [0.4, 0.5) is 0 Å². The van der Waals surface area contributed by atoms with Crippen LogP contribution >= 0.6 is 11.3 Å². The van der Waals surface area contributed by atoms with E-state index in [1.54, 1.807) is 30.2 Å². The van der Waals surface area contributed by atoms with E-state index in [2.05, 4.69) is 4.90 Å². The van der Waals surface area contributed by atoms with Crippen molar-refractivity contribution in [3.05, 3.63) is 51.7 Å². The lowest BCUT2D eigenvalue weighted by Crippen LogP contribution is -2.42. The minimum Gasteiger partial charge on any atom is -0.497 e. The average Bonchev–Trinajstić information content (AvgIpc) is 3.40. The van der Waals surface area contributed by atoms with Gasteiger partial charge in [-0.25, -0.2) is 0 Å². The maximum absolute atomic E-state index is 13.5. The topological polar surface area (TPSA) is 76.2 Å². The molecule has 0 spiro atoms. The Balaban J connectivity index is 1.63. The maximum Gasteiger partial charge on any atom is 0.291 e. The molecule has 1 amide bonds. The Labute approximate surface area is 185 Å². The molecule has 0 N–H and O–H groups in total. The van der Waals surface area contributed by atoms with Crippen molar-refractivity contribution in [2.24, 2.45) is 5.92 Å². The number of hydrogen-bond acceptors (Lipinski definition) is 7. The molecule has 1 aromatic heterocycles. The number of hydrogen-bond donors (Lipinski definition) is 0. The van der Waals surface area contributed by atoms with Crippen LogP contribution in [-0.4, -0.2) is 73.8 Å². The Kier molecular flexibility index (Phi) is 6.50. The van der Waals surface area contributed by atoms with E-state index in [1.807, 2.05) is 24.4 Å². The zero-order chi connectivity index (χ0) is 22.0. The summed E-state index contributed by atoms with van der Waals surface area (Å²) in [6, 6.07) is 8.35. The second-order valence-electron chi connectivity index (χ2n) is 7.80. The highest BCUT2D eigenvalue weighted by Gasteiger charge is 2.52. The van der Waals surface area contributed by atoms with Crippen LogP contribution in [0, 0.1) is 12.8 Å². The molecular weight excluding hydrogens is 416 g/mol. The quantitative estimate of drug-likeness (QED) is 0.372. The average molecular weight is 443 g/mol. The fraction of sp³-hybridized carbons (Fsp3) is 0.435. The van der Waals surface area contributed by atoms with Crippen LogP contribution in [0.3, 0.4) is 0 Å². The Morgan fingerprint density at radius 1 is 1.19 bits per heavy atom. The van der Waals surface area contributed by atoms with Crippen LogP contribution in [0.25, 0.3) is 0 Å². The first kappa shape index (κ1) is 21.7. The second-order valence-corrected chi connectivity index (χ2v) is 8.78. The molecule has 164 valence electrons. The van der Waals surface area contributed by atoms with Crippen LogP contribution in [0.1, 0.15) is 26.8 Å². The van der Waals surface area contributed by atoms with Crippen LogP contribution in [0.5, 0.6) is 5.75 Å². The number of nitrogens with zero attached hydrogens (tertiary/aromatic N) is 2. The van der Waals surface area contributed by atoms with Gasteiger partial charge in [0, 0.05) is 36.6 Å². The molecule has 0 radical (unpaired) electrons. The van der Waals surface area contributed by atoms with E-state index in [9.17, 15) is 14.4 Å². The summed E-state index contributed by atoms with van der Waals surface area (Å²) < 4.78 is 10.6. The van der Waals surface area contributed by atoms with E-state index in [1.165, 1.54) is 11.3 Å². The summed E-state index contributed by atoms with van der Waals surface area (Å²) in [5, 5.41) is 1.91. The number of benzene rings is 1. The molecule has 3 heterocycles. The number of likely N-dealkylation sites (tertiary alicyclic amines) is 1. The lowest BCUT2D eigenvalue weighted by molar-refractivity contribution is -0.141.